The Morgan fingerprint density at radius 1 is 1.62 bits per heavy atom. The zero-order valence-corrected chi connectivity index (χ0v) is 10.1. The average Bonchev–Trinajstić information content (AvgIpc) is 2.52. The Labute approximate surface area is 97.9 Å². The van der Waals surface area contributed by atoms with Gasteiger partial charge in [0, 0.05) is 31.5 Å². The predicted octanol–water partition coefficient (Wildman–Crippen LogP) is -1.08. The second-order valence-corrected chi connectivity index (χ2v) is 5.10. The van der Waals surface area contributed by atoms with Gasteiger partial charge in [0.25, 0.3) is 0 Å². The first-order valence-corrected chi connectivity index (χ1v) is 6.38. The first-order valence-electron chi connectivity index (χ1n) is 5.23. The number of hydrogen-bond acceptors (Lipinski definition) is 4. The van der Waals surface area contributed by atoms with E-state index in [9.17, 15) is 4.21 Å². The molecule has 0 aliphatic carbocycles. The minimum absolute atomic E-state index is 0.239. The van der Waals surface area contributed by atoms with Crippen LogP contribution in [0.15, 0.2) is 17.4 Å². The fraction of sp³-hybridized carbons (Fsp3) is 0.667. The maximum atomic E-state index is 11.4. The van der Waals surface area contributed by atoms with Crippen molar-refractivity contribution in [2.45, 2.75) is 12.5 Å². The summed E-state index contributed by atoms with van der Waals surface area (Å²) >= 11 is -1.15. The number of hydrogen-bond donors (Lipinski definition) is 3. The predicted molar refractivity (Wildman–Crippen MR) is 64.9 cm³/mol. The van der Waals surface area contributed by atoms with Crippen molar-refractivity contribution in [1.82, 2.24) is 19.8 Å². The quantitative estimate of drug-likeness (QED) is 0.513. The molecule has 2 unspecified atom stereocenters. The Morgan fingerprint density at radius 3 is 3.06 bits per heavy atom. The van der Waals surface area contributed by atoms with Gasteiger partial charge in [-0.2, -0.15) is 5.10 Å². The van der Waals surface area contributed by atoms with E-state index < -0.39 is 11.2 Å². The SMILES string of the molecule is C=C1CNCC2(CNS(=O)N2)CN1/N=C\C. The summed E-state index contributed by atoms with van der Waals surface area (Å²) in [6.45, 7) is 8.63. The topological polar surface area (TPSA) is 68.8 Å². The first-order chi connectivity index (χ1) is 7.65. The van der Waals surface area contributed by atoms with Gasteiger partial charge in [-0.25, -0.2) is 13.7 Å². The summed E-state index contributed by atoms with van der Waals surface area (Å²) in [7, 11) is 0. The number of nitrogens with zero attached hydrogens (tertiary/aromatic N) is 2. The summed E-state index contributed by atoms with van der Waals surface area (Å²) in [5.41, 5.74) is 0.686. The van der Waals surface area contributed by atoms with Crippen LogP contribution in [-0.2, 0) is 11.2 Å². The molecule has 2 fully saturated rings. The molecule has 6 nitrogen and oxygen atoms in total. The van der Waals surface area contributed by atoms with Crippen LogP contribution in [0.25, 0.3) is 0 Å². The van der Waals surface area contributed by atoms with Gasteiger partial charge >= 0.3 is 0 Å². The van der Waals surface area contributed by atoms with Gasteiger partial charge in [-0.3, -0.25) is 5.01 Å². The molecular weight excluding hydrogens is 226 g/mol. The monoisotopic (exact) mass is 243 g/mol. The Kier molecular flexibility index (Phi) is 3.38. The molecule has 2 heterocycles. The van der Waals surface area contributed by atoms with Crippen LogP contribution >= 0.6 is 0 Å². The van der Waals surface area contributed by atoms with E-state index in [0.29, 0.717) is 19.6 Å². The van der Waals surface area contributed by atoms with E-state index in [2.05, 4.69) is 26.4 Å². The van der Waals surface area contributed by atoms with Crippen LogP contribution < -0.4 is 14.8 Å². The van der Waals surface area contributed by atoms with Gasteiger partial charge in [-0.1, -0.05) is 6.58 Å². The minimum Gasteiger partial charge on any atom is -0.309 e. The lowest BCUT2D eigenvalue weighted by Gasteiger charge is -2.29. The van der Waals surface area contributed by atoms with Gasteiger partial charge < -0.3 is 5.32 Å². The summed E-state index contributed by atoms with van der Waals surface area (Å²) in [5, 5.41) is 9.42. The zero-order chi connectivity index (χ0) is 11.6. The van der Waals surface area contributed by atoms with Crippen molar-refractivity contribution in [2.75, 3.05) is 26.2 Å². The average molecular weight is 243 g/mol. The molecule has 2 aliphatic rings. The van der Waals surface area contributed by atoms with E-state index in [1.165, 1.54) is 0 Å². The van der Waals surface area contributed by atoms with Crippen LogP contribution in [0.1, 0.15) is 6.92 Å². The van der Waals surface area contributed by atoms with Gasteiger partial charge in [0.1, 0.15) is 0 Å². The summed E-state index contributed by atoms with van der Waals surface area (Å²) in [6.07, 6.45) is 1.74. The van der Waals surface area contributed by atoms with E-state index in [1.807, 2.05) is 11.9 Å². The van der Waals surface area contributed by atoms with E-state index in [0.717, 1.165) is 12.2 Å². The maximum absolute atomic E-state index is 11.4. The Hall–Kier alpha value is -0.760. The molecule has 0 saturated carbocycles. The van der Waals surface area contributed by atoms with Crippen molar-refractivity contribution in [3.63, 3.8) is 0 Å². The number of hydrazone groups is 1. The smallest absolute Gasteiger partial charge is 0.167 e. The van der Waals surface area contributed by atoms with Crippen molar-refractivity contribution in [3.05, 3.63) is 12.3 Å². The molecule has 3 N–H and O–H groups in total. The molecule has 90 valence electrons. The lowest BCUT2D eigenvalue weighted by molar-refractivity contribution is 0.277. The molecule has 0 aromatic heterocycles. The summed E-state index contributed by atoms with van der Waals surface area (Å²) in [6, 6.07) is 0. The third-order valence-electron chi connectivity index (χ3n) is 2.72. The van der Waals surface area contributed by atoms with Crippen molar-refractivity contribution in [2.24, 2.45) is 5.10 Å². The number of rotatable bonds is 1. The van der Waals surface area contributed by atoms with Crippen LogP contribution in [0.3, 0.4) is 0 Å². The van der Waals surface area contributed by atoms with Crippen molar-refractivity contribution >= 4 is 17.4 Å². The molecule has 0 bridgehead atoms. The lowest BCUT2D eigenvalue weighted by Crippen LogP contribution is -2.54. The summed E-state index contributed by atoms with van der Waals surface area (Å²) < 4.78 is 17.3. The van der Waals surface area contributed by atoms with Crippen molar-refractivity contribution in [3.8, 4) is 0 Å². The molecule has 16 heavy (non-hydrogen) atoms. The molecular formula is C9H17N5OS. The third-order valence-corrected chi connectivity index (χ3v) is 3.74. The van der Waals surface area contributed by atoms with Crippen LogP contribution in [0.4, 0.5) is 0 Å². The highest BCUT2D eigenvalue weighted by Gasteiger charge is 2.40. The first kappa shape index (κ1) is 11.7. The highest BCUT2D eigenvalue weighted by atomic mass is 32.2. The zero-order valence-electron chi connectivity index (χ0n) is 9.32. The van der Waals surface area contributed by atoms with E-state index in [-0.39, 0.29) is 5.54 Å². The molecule has 2 rings (SSSR count). The van der Waals surface area contributed by atoms with Crippen LogP contribution in [0.2, 0.25) is 0 Å². The fourth-order valence-corrected chi connectivity index (χ4v) is 2.99. The Morgan fingerprint density at radius 2 is 2.44 bits per heavy atom. The van der Waals surface area contributed by atoms with Gasteiger partial charge in [0.05, 0.1) is 12.1 Å². The standard InChI is InChI=1S/C9H17N5OS/c1-3-11-14-7-9(5-10-4-8(14)2)6-12-16(15)13-9/h3,10,12-13H,2,4-7H2,1H3/b11-3-. The van der Waals surface area contributed by atoms with Gasteiger partial charge in [0.2, 0.25) is 0 Å². The largest absolute Gasteiger partial charge is 0.309 e. The molecule has 0 aromatic rings. The second kappa shape index (κ2) is 4.62. The van der Waals surface area contributed by atoms with E-state index >= 15 is 0 Å². The summed E-state index contributed by atoms with van der Waals surface area (Å²) in [5.74, 6) is 0. The Bertz CT molecular complexity index is 345. The van der Waals surface area contributed by atoms with E-state index in [4.69, 9.17) is 0 Å². The highest BCUT2D eigenvalue weighted by Crippen LogP contribution is 2.17. The molecule has 0 aromatic carbocycles. The molecule has 2 aliphatic heterocycles. The molecule has 7 heteroatoms. The van der Waals surface area contributed by atoms with Crippen LogP contribution in [0, 0.1) is 0 Å². The lowest BCUT2D eigenvalue weighted by atomic mass is 10.0. The molecule has 0 radical (unpaired) electrons. The third kappa shape index (κ3) is 2.32. The minimum atomic E-state index is -1.15. The summed E-state index contributed by atoms with van der Waals surface area (Å²) in [4.78, 5) is 0. The highest BCUT2D eigenvalue weighted by molar-refractivity contribution is 7.81. The van der Waals surface area contributed by atoms with Crippen LogP contribution in [-0.4, -0.2) is 47.2 Å². The molecule has 1 spiro atoms. The fourth-order valence-electron chi connectivity index (χ4n) is 1.91. The Balaban J connectivity index is 2.16. The van der Waals surface area contributed by atoms with Gasteiger partial charge in [0.15, 0.2) is 11.2 Å². The molecule has 2 saturated heterocycles. The maximum Gasteiger partial charge on any atom is 0.167 e. The van der Waals surface area contributed by atoms with E-state index in [1.54, 1.807) is 6.21 Å². The van der Waals surface area contributed by atoms with Gasteiger partial charge in [-0.15, -0.1) is 0 Å². The van der Waals surface area contributed by atoms with Gasteiger partial charge in [-0.05, 0) is 6.92 Å². The molecule has 2 atom stereocenters. The molecule has 0 amide bonds. The number of nitrogens with one attached hydrogen (secondary N) is 3. The van der Waals surface area contributed by atoms with Crippen LogP contribution in [0.5, 0.6) is 0 Å². The second-order valence-electron chi connectivity index (χ2n) is 4.07. The normalized spacial score (nSPS) is 36.2. The van der Waals surface area contributed by atoms with Crippen molar-refractivity contribution < 1.29 is 4.21 Å². The van der Waals surface area contributed by atoms with Crippen molar-refractivity contribution in [1.29, 1.82) is 0 Å².